The smallest absolute Gasteiger partial charge is 0.347 e. The van der Waals surface area contributed by atoms with Crippen molar-refractivity contribution in [1.29, 1.82) is 0 Å². The molecular formula is C23H39NO8. The van der Waals surface area contributed by atoms with Crippen LogP contribution in [0.2, 0.25) is 0 Å². The Morgan fingerprint density at radius 3 is 1.66 bits per heavy atom. The van der Waals surface area contributed by atoms with Gasteiger partial charge in [0, 0.05) is 0 Å². The molecule has 0 aromatic carbocycles. The number of hydrogen-bond donors (Lipinski definition) is 1. The van der Waals surface area contributed by atoms with Crippen LogP contribution in [0, 0.1) is 5.92 Å². The molecule has 184 valence electrons. The molecule has 0 radical (unpaired) electrons. The van der Waals surface area contributed by atoms with Gasteiger partial charge in [-0.05, 0) is 68.2 Å². The minimum atomic E-state index is -2.60. The molecule has 0 aliphatic carbocycles. The molecule has 1 fully saturated rings. The number of esters is 3. The first-order valence-electron chi connectivity index (χ1n) is 10.9. The van der Waals surface area contributed by atoms with Crippen LogP contribution in [0.4, 0.5) is 0 Å². The fraction of sp³-hybridized carbons (Fsp3) is 0.826. The topological polar surface area (TPSA) is 119 Å². The number of carbonyl (C=O) groups excluding carboxylic acids is 4. The Balaban J connectivity index is 3.88. The zero-order valence-corrected chi connectivity index (χ0v) is 21.2. The minimum absolute atomic E-state index is 0.501. The number of likely N-dealkylation sites (tertiary alicyclic amines) is 1. The van der Waals surface area contributed by atoms with Crippen molar-refractivity contribution >= 4 is 23.8 Å². The van der Waals surface area contributed by atoms with Gasteiger partial charge in [-0.15, -0.1) is 0 Å². The van der Waals surface area contributed by atoms with Crippen LogP contribution in [0.3, 0.4) is 0 Å². The Hall–Kier alpha value is -2.16. The van der Waals surface area contributed by atoms with E-state index >= 15 is 0 Å². The third-order valence-electron chi connectivity index (χ3n) is 4.80. The lowest BCUT2D eigenvalue weighted by Gasteiger charge is -2.45. The summed E-state index contributed by atoms with van der Waals surface area (Å²) in [5.41, 5.74) is -6.91. The molecule has 1 heterocycles. The number of hydrogen-bond acceptors (Lipinski definition) is 8. The van der Waals surface area contributed by atoms with Crippen LogP contribution in [0.1, 0.15) is 82.6 Å². The van der Waals surface area contributed by atoms with Gasteiger partial charge < -0.3 is 24.2 Å². The molecule has 0 bridgehead atoms. The highest BCUT2D eigenvalue weighted by Crippen LogP contribution is 2.45. The zero-order valence-electron chi connectivity index (χ0n) is 21.2. The van der Waals surface area contributed by atoms with Gasteiger partial charge in [-0.3, -0.25) is 4.79 Å². The van der Waals surface area contributed by atoms with Crippen molar-refractivity contribution in [1.82, 2.24) is 4.90 Å². The highest BCUT2D eigenvalue weighted by Gasteiger charge is 2.74. The summed E-state index contributed by atoms with van der Waals surface area (Å²) >= 11 is 0. The molecule has 1 saturated heterocycles. The minimum Gasteiger partial charge on any atom is -0.461 e. The first kappa shape index (κ1) is 27.9. The average molecular weight is 458 g/mol. The molecule has 0 saturated carbocycles. The summed E-state index contributed by atoms with van der Waals surface area (Å²) in [6.07, 6.45) is -1.08. The van der Waals surface area contributed by atoms with Gasteiger partial charge in [0.25, 0.3) is 5.54 Å². The highest BCUT2D eigenvalue weighted by atomic mass is 16.6. The standard InChI is InChI=1S/C23H39NO8/c1-13(2)16(17(26)30-14(3)4)24-15(25)12-22(11,29)23(24,18(27)31-20(5,6)7)19(28)32-21(8,9)10/h13-14,16,29H,12H2,1-11H3/t16-,22?/m1/s1. The maximum Gasteiger partial charge on any atom is 0.347 e. The molecule has 1 unspecified atom stereocenters. The second-order valence-electron chi connectivity index (χ2n) is 11.1. The molecule has 1 N–H and O–H groups in total. The molecule has 1 rings (SSSR count). The summed E-state index contributed by atoms with van der Waals surface area (Å²) in [5.74, 6) is -4.44. The first-order chi connectivity index (χ1) is 14.2. The average Bonchev–Trinajstić information content (AvgIpc) is 2.69. The van der Waals surface area contributed by atoms with Crippen LogP contribution in [0.25, 0.3) is 0 Å². The van der Waals surface area contributed by atoms with Gasteiger partial charge in [0.15, 0.2) is 0 Å². The van der Waals surface area contributed by atoms with E-state index in [0.717, 1.165) is 4.90 Å². The molecule has 2 atom stereocenters. The third-order valence-corrected chi connectivity index (χ3v) is 4.80. The van der Waals surface area contributed by atoms with E-state index in [-0.39, 0.29) is 0 Å². The van der Waals surface area contributed by atoms with Crippen molar-refractivity contribution in [2.45, 2.75) is 117 Å². The van der Waals surface area contributed by atoms with Gasteiger partial charge in [0.1, 0.15) is 22.8 Å². The summed E-state index contributed by atoms with van der Waals surface area (Å²) in [6, 6.07) is -1.33. The largest absolute Gasteiger partial charge is 0.461 e. The second kappa shape index (κ2) is 9.00. The number of rotatable bonds is 6. The van der Waals surface area contributed by atoms with Crippen LogP contribution >= 0.6 is 0 Å². The molecule has 9 nitrogen and oxygen atoms in total. The van der Waals surface area contributed by atoms with Crippen LogP contribution < -0.4 is 0 Å². The Bertz CT molecular complexity index is 727. The number of amides is 1. The van der Waals surface area contributed by atoms with Crippen molar-refractivity contribution in [3.05, 3.63) is 0 Å². The molecule has 1 amide bonds. The van der Waals surface area contributed by atoms with E-state index in [1.807, 2.05) is 0 Å². The quantitative estimate of drug-likeness (QED) is 0.367. The molecule has 0 aromatic rings. The molecular weight excluding hydrogens is 418 g/mol. The van der Waals surface area contributed by atoms with Crippen molar-refractivity contribution in [2.75, 3.05) is 0 Å². The van der Waals surface area contributed by atoms with E-state index in [9.17, 15) is 24.3 Å². The maximum absolute atomic E-state index is 13.6. The van der Waals surface area contributed by atoms with Crippen molar-refractivity contribution in [3.8, 4) is 0 Å². The van der Waals surface area contributed by atoms with E-state index in [1.54, 1.807) is 69.2 Å². The van der Waals surface area contributed by atoms with E-state index < -0.39 is 70.6 Å². The molecule has 32 heavy (non-hydrogen) atoms. The second-order valence-corrected chi connectivity index (χ2v) is 11.1. The van der Waals surface area contributed by atoms with E-state index in [4.69, 9.17) is 14.2 Å². The van der Waals surface area contributed by atoms with E-state index in [2.05, 4.69) is 0 Å². The normalized spacial score (nSPS) is 22.2. The van der Waals surface area contributed by atoms with Gasteiger partial charge in [0.2, 0.25) is 5.91 Å². The van der Waals surface area contributed by atoms with Gasteiger partial charge in [0.05, 0.1) is 12.5 Å². The SMILES string of the molecule is CC(C)OC(=O)[C@@H](C(C)C)N1C(=O)CC(C)(O)C1(C(=O)OC(C)(C)C)C(=O)OC(C)(C)C. The van der Waals surface area contributed by atoms with E-state index in [0.29, 0.717) is 0 Å². The van der Waals surface area contributed by atoms with Crippen LogP contribution in [0.15, 0.2) is 0 Å². The van der Waals surface area contributed by atoms with Gasteiger partial charge in [-0.1, -0.05) is 13.8 Å². The first-order valence-corrected chi connectivity index (χ1v) is 10.9. The third kappa shape index (κ3) is 5.60. The monoisotopic (exact) mass is 457 g/mol. The summed E-state index contributed by atoms with van der Waals surface area (Å²) in [6.45, 7) is 17.4. The lowest BCUT2D eigenvalue weighted by Crippen LogP contribution is -2.72. The molecule has 0 spiro atoms. The zero-order chi connectivity index (χ0) is 25.4. The summed E-state index contributed by atoms with van der Waals surface area (Å²) < 4.78 is 16.4. The van der Waals surface area contributed by atoms with Crippen molar-refractivity contribution in [3.63, 3.8) is 0 Å². The molecule has 0 aromatic heterocycles. The number of nitrogens with zero attached hydrogens (tertiary/aromatic N) is 1. The number of aliphatic hydroxyl groups is 1. The Morgan fingerprint density at radius 1 is 0.938 bits per heavy atom. The molecule has 1 aliphatic rings. The summed E-state index contributed by atoms with van der Waals surface area (Å²) in [7, 11) is 0. The van der Waals surface area contributed by atoms with Crippen molar-refractivity contribution in [2.24, 2.45) is 5.92 Å². The van der Waals surface area contributed by atoms with Gasteiger partial charge >= 0.3 is 17.9 Å². The summed E-state index contributed by atoms with van der Waals surface area (Å²) in [4.78, 5) is 54.3. The highest BCUT2D eigenvalue weighted by molar-refractivity contribution is 6.13. The van der Waals surface area contributed by atoms with Crippen LogP contribution in [0.5, 0.6) is 0 Å². The molecule has 9 heteroatoms. The van der Waals surface area contributed by atoms with Crippen LogP contribution in [-0.2, 0) is 33.4 Å². The van der Waals surface area contributed by atoms with Gasteiger partial charge in [-0.2, -0.15) is 0 Å². The lowest BCUT2D eigenvalue weighted by molar-refractivity contribution is -0.205. The Labute approximate surface area is 190 Å². The van der Waals surface area contributed by atoms with Crippen LogP contribution in [-0.4, -0.2) is 68.3 Å². The number of ether oxygens (including phenoxy) is 3. The Kier molecular flexibility index (Phi) is 7.84. The predicted octanol–water partition coefficient (Wildman–Crippen LogP) is 2.37. The predicted molar refractivity (Wildman–Crippen MR) is 116 cm³/mol. The maximum atomic E-state index is 13.6. The summed E-state index contributed by atoms with van der Waals surface area (Å²) in [5, 5.41) is 11.4. The lowest BCUT2D eigenvalue weighted by atomic mass is 9.79. The number of carbonyl (C=O) groups is 4. The fourth-order valence-corrected chi connectivity index (χ4v) is 3.72. The fourth-order valence-electron chi connectivity index (χ4n) is 3.72. The van der Waals surface area contributed by atoms with E-state index in [1.165, 1.54) is 6.92 Å². The van der Waals surface area contributed by atoms with Gasteiger partial charge in [-0.25, -0.2) is 14.4 Å². The Morgan fingerprint density at radius 2 is 1.34 bits per heavy atom. The molecule has 1 aliphatic heterocycles. The van der Waals surface area contributed by atoms with Crippen molar-refractivity contribution < 1.29 is 38.5 Å².